The molecule has 0 saturated heterocycles. The van der Waals surface area contributed by atoms with Gasteiger partial charge in [0.2, 0.25) is 0 Å². The molecule has 1 saturated carbocycles. The van der Waals surface area contributed by atoms with Crippen molar-refractivity contribution in [2.75, 3.05) is 6.54 Å². The smallest absolute Gasteiger partial charge is 0.124 e. The molecule has 2 nitrogen and oxygen atoms in total. The molecule has 1 aliphatic carbocycles. The van der Waals surface area contributed by atoms with E-state index in [1.807, 2.05) is 0 Å². The molecule has 0 amide bonds. The Labute approximate surface area is 120 Å². The van der Waals surface area contributed by atoms with Crippen molar-refractivity contribution in [3.63, 3.8) is 0 Å². The van der Waals surface area contributed by atoms with E-state index in [0.717, 1.165) is 24.3 Å². The van der Waals surface area contributed by atoms with E-state index in [-0.39, 0.29) is 12.4 Å². The maximum absolute atomic E-state index is 13.3. The quantitative estimate of drug-likeness (QED) is 0.860. The second-order valence-corrected chi connectivity index (χ2v) is 5.51. The van der Waals surface area contributed by atoms with Gasteiger partial charge in [-0.15, -0.1) is 0 Å². The molecule has 0 heterocycles. The van der Waals surface area contributed by atoms with E-state index in [1.54, 1.807) is 6.07 Å². The lowest BCUT2D eigenvalue weighted by Crippen LogP contribution is -2.21. The third-order valence-corrected chi connectivity index (χ3v) is 3.76. The topological polar surface area (TPSA) is 35.2 Å². The van der Waals surface area contributed by atoms with Gasteiger partial charge in [0.15, 0.2) is 0 Å². The van der Waals surface area contributed by atoms with Gasteiger partial charge < -0.3 is 10.5 Å². The Morgan fingerprint density at radius 2 is 2.25 bits per heavy atom. The predicted molar refractivity (Wildman–Crippen MR) is 78.5 cm³/mol. The summed E-state index contributed by atoms with van der Waals surface area (Å²) in [7, 11) is 0. The molecule has 0 aromatic heterocycles. The Morgan fingerprint density at radius 3 is 3.00 bits per heavy atom. The van der Waals surface area contributed by atoms with Crippen LogP contribution >= 0.6 is 0 Å². The molecule has 2 N–H and O–H groups in total. The van der Waals surface area contributed by atoms with E-state index >= 15 is 0 Å². The molecular formula is C17H22FNO. The highest BCUT2D eigenvalue weighted by molar-refractivity contribution is 5.41. The summed E-state index contributed by atoms with van der Waals surface area (Å²) in [6, 6.07) is 4.66. The third kappa shape index (κ3) is 4.33. The summed E-state index contributed by atoms with van der Waals surface area (Å²) in [5.41, 5.74) is 6.99. The zero-order valence-electron chi connectivity index (χ0n) is 12.0. The van der Waals surface area contributed by atoms with Crippen LogP contribution in [0.1, 0.15) is 43.7 Å². The van der Waals surface area contributed by atoms with Crippen molar-refractivity contribution < 1.29 is 9.13 Å². The normalized spacial score (nSPS) is 22.1. The molecule has 1 aromatic carbocycles. The minimum Gasteiger partial charge on any atom is -0.373 e. The highest BCUT2D eigenvalue weighted by atomic mass is 19.1. The van der Waals surface area contributed by atoms with Crippen LogP contribution in [0, 0.1) is 23.6 Å². The van der Waals surface area contributed by atoms with Crippen molar-refractivity contribution in [2.45, 2.75) is 45.3 Å². The minimum atomic E-state index is -0.277. The van der Waals surface area contributed by atoms with E-state index in [1.165, 1.54) is 25.0 Å². The van der Waals surface area contributed by atoms with E-state index in [2.05, 4.69) is 18.8 Å². The van der Waals surface area contributed by atoms with Gasteiger partial charge in [0, 0.05) is 5.56 Å². The van der Waals surface area contributed by atoms with Crippen LogP contribution in [0.15, 0.2) is 18.2 Å². The summed E-state index contributed by atoms with van der Waals surface area (Å²) < 4.78 is 19.3. The van der Waals surface area contributed by atoms with Crippen LogP contribution in [0.3, 0.4) is 0 Å². The first-order valence-corrected chi connectivity index (χ1v) is 7.28. The van der Waals surface area contributed by atoms with E-state index in [4.69, 9.17) is 10.5 Å². The lowest BCUT2D eigenvalue weighted by atomic mass is 9.89. The average Bonchev–Trinajstić information content (AvgIpc) is 2.44. The van der Waals surface area contributed by atoms with Gasteiger partial charge in [-0.2, -0.15) is 0 Å². The minimum absolute atomic E-state index is 0.275. The van der Waals surface area contributed by atoms with Crippen LogP contribution in [0.5, 0.6) is 0 Å². The summed E-state index contributed by atoms with van der Waals surface area (Å²) >= 11 is 0. The fourth-order valence-corrected chi connectivity index (χ4v) is 2.67. The number of hydrogen-bond donors (Lipinski definition) is 1. The van der Waals surface area contributed by atoms with Gasteiger partial charge >= 0.3 is 0 Å². The molecule has 3 heteroatoms. The Morgan fingerprint density at radius 1 is 1.40 bits per heavy atom. The molecule has 0 radical (unpaired) electrons. The molecule has 2 atom stereocenters. The second kappa shape index (κ2) is 7.42. The number of nitrogens with two attached hydrogens (primary N) is 1. The van der Waals surface area contributed by atoms with Crippen LogP contribution in [-0.4, -0.2) is 12.6 Å². The fraction of sp³-hybridized carbons (Fsp3) is 0.529. The van der Waals surface area contributed by atoms with Crippen molar-refractivity contribution in [2.24, 2.45) is 11.7 Å². The standard InChI is InChI=1S/C17H22FNO/c1-13-4-2-6-17(10-13)20-12-15-7-8-16(18)11-14(15)5-3-9-19/h7-8,11,13,17H,2,4,6,9-10,12,19H2,1H3. The average molecular weight is 275 g/mol. The van der Waals surface area contributed by atoms with Crippen LogP contribution < -0.4 is 5.73 Å². The first-order chi connectivity index (χ1) is 9.69. The number of hydrogen-bond acceptors (Lipinski definition) is 2. The van der Waals surface area contributed by atoms with E-state index < -0.39 is 0 Å². The number of ether oxygens (including phenoxy) is 1. The highest BCUT2D eigenvalue weighted by Crippen LogP contribution is 2.26. The van der Waals surface area contributed by atoms with Crippen LogP contribution in [-0.2, 0) is 11.3 Å². The number of rotatable bonds is 3. The van der Waals surface area contributed by atoms with Gasteiger partial charge in [0.1, 0.15) is 5.82 Å². The molecule has 1 fully saturated rings. The van der Waals surface area contributed by atoms with Gasteiger partial charge in [0.25, 0.3) is 0 Å². The fourth-order valence-electron chi connectivity index (χ4n) is 2.67. The Bertz CT molecular complexity index is 503. The van der Waals surface area contributed by atoms with Gasteiger partial charge in [-0.25, -0.2) is 4.39 Å². The van der Waals surface area contributed by atoms with Crippen LogP contribution in [0.2, 0.25) is 0 Å². The van der Waals surface area contributed by atoms with E-state index in [9.17, 15) is 4.39 Å². The summed E-state index contributed by atoms with van der Waals surface area (Å²) in [4.78, 5) is 0. The van der Waals surface area contributed by atoms with Crippen molar-refractivity contribution >= 4 is 0 Å². The maximum Gasteiger partial charge on any atom is 0.124 e. The molecular weight excluding hydrogens is 253 g/mol. The third-order valence-electron chi connectivity index (χ3n) is 3.76. The van der Waals surface area contributed by atoms with Gasteiger partial charge in [-0.1, -0.05) is 37.7 Å². The molecule has 1 aliphatic rings. The first kappa shape index (κ1) is 15.0. The monoisotopic (exact) mass is 275 g/mol. The van der Waals surface area contributed by atoms with Crippen molar-refractivity contribution in [1.82, 2.24) is 0 Å². The summed E-state index contributed by atoms with van der Waals surface area (Å²) in [6.07, 6.45) is 5.08. The predicted octanol–water partition coefficient (Wildman–Crippen LogP) is 3.23. The van der Waals surface area contributed by atoms with E-state index in [0.29, 0.717) is 18.3 Å². The van der Waals surface area contributed by atoms with Crippen molar-refractivity contribution in [3.05, 3.63) is 35.1 Å². The summed E-state index contributed by atoms with van der Waals surface area (Å²) in [6.45, 7) is 3.04. The molecule has 0 spiro atoms. The Balaban J connectivity index is 2.01. The number of halogens is 1. The van der Waals surface area contributed by atoms with Crippen molar-refractivity contribution in [1.29, 1.82) is 0 Å². The summed E-state index contributed by atoms with van der Waals surface area (Å²) in [5.74, 6) is 6.15. The maximum atomic E-state index is 13.3. The molecule has 2 unspecified atom stereocenters. The first-order valence-electron chi connectivity index (χ1n) is 7.28. The Hall–Kier alpha value is -1.37. The van der Waals surface area contributed by atoms with Crippen LogP contribution in [0.4, 0.5) is 4.39 Å². The zero-order valence-corrected chi connectivity index (χ0v) is 12.0. The van der Waals surface area contributed by atoms with Gasteiger partial charge in [0.05, 0.1) is 19.3 Å². The van der Waals surface area contributed by atoms with Crippen molar-refractivity contribution in [3.8, 4) is 11.8 Å². The lowest BCUT2D eigenvalue weighted by molar-refractivity contribution is 0.00457. The molecule has 0 bridgehead atoms. The van der Waals surface area contributed by atoms with Gasteiger partial charge in [-0.05, 0) is 36.5 Å². The largest absolute Gasteiger partial charge is 0.373 e. The SMILES string of the molecule is CC1CCCC(OCc2ccc(F)cc2C#CCN)C1. The molecule has 1 aromatic rings. The highest BCUT2D eigenvalue weighted by Gasteiger charge is 2.19. The second-order valence-electron chi connectivity index (χ2n) is 5.51. The zero-order chi connectivity index (χ0) is 14.4. The molecule has 20 heavy (non-hydrogen) atoms. The Kier molecular flexibility index (Phi) is 5.58. The summed E-state index contributed by atoms with van der Waals surface area (Å²) in [5, 5.41) is 0. The van der Waals surface area contributed by atoms with Crippen LogP contribution in [0.25, 0.3) is 0 Å². The van der Waals surface area contributed by atoms with Gasteiger partial charge in [-0.3, -0.25) is 0 Å². The molecule has 0 aliphatic heterocycles. The molecule has 108 valence electrons. The number of benzene rings is 1. The molecule has 2 rings (SSSR count). The lowest BCUT2D eigenvalue weighted by Gasteiger charge is -2.27.